The Morgan fingerprint density at radius 3 is 2.85 bits per heavy atom. The van der Waals surface area contributed by atoms with E-state index in [1.54, 1.807) is 13.2 Å². The van der Waals surface area contributed by atoms with Crippen LogP contribution in [-0.4, -0.2) is 49.4 Å². The van der Waals surface area contributed by atoms with Crippen LogP contribution in [0.25, 0.3) is 4.96 Å². The Hall–Kier alpha value is -3.17. The molecule has 1 N–H and O–H groups in total. The van der Waals surface area contributed by atoms with E-state index in [1.165, 1.54) is 15.9 Å². The average molecular weight is 464 g/mol. The zero-order valence-electron chi connectivity index (χ0n) is 18.5. The number of likely N-dealkylation sites (tertiary alicyclic amines) is 1. The topological polar surface area (TPSA) is 84.9 Å². The summed E-state index contributed by atoms with van der Waals surface area (Å²) in [6, 6.07) is 13.5. The predicted molar refractivity (Wildman–Crippen MR) is 125 cm³/mol. The number of hydrogen-bond donors (Lipinski definition) is 1. The summed E-state index contributed by atoms with van der Waals surface area (Å²) in [4.78, 5) is 20.9. The third-order valence-electron chi connectivity index (χ3n) is 6.84. The first-order valence-corrected chi connectivity index (χ1v) is 12.0. The molecule has 33 heavy (non-hydrogen) atoms. The minimum Gasteiger partial charge on any atom is -0.497 e. The van der Waals surface area contributed by atoms with Crippen molar-refractivity contribution < 1.29 is 9.84 Å². The lowest BCUT2D eigenvalue weighted by molar-refractivity contribution is 0.0951. The molecule has 2 aliphatic rings. The summed E-state index contributed by atoms with van der Waals surface area (Å²) in [5.74, 6) is 2.19. The number of ether oxygens (including phenoxy) is 1. The van der Waals surface area contributed by atoms with Crippen molar-refractivity contribution in [1.29, 1.82) is 0 Å². The number of aromatic nitrogens is 4. The van der Waals surface area contributed by atoms with Gasteiger partial charge in [0.15, 0.2) is 0 Å². The first-order chi connectivity index (χ1) is 16.0. The molecule has 8 nitrogen and oxygen atoms in total. The normalized spacial score (nSPS) is 21.2. The summed E-state index contributed by atoms with van der Waals surface area (Å²) in [6.07, 6.45) is 1.07. The van der Waals surface area contributed by atoms with Crippen molar-refractivity contribution in [3.05, 3.63) is 74.8 Å². The maximum Gasteiger partial charge on any atom is 0.250 e. The lowest BCUT2D eigenvalue weighted by Gasteiger charge is -2.45. The molecule has 170 valence electrons. The van der Waals surface area contributed by atoms with Crippen LogP contribution >= 0.6 is 11.3 Å². The van der Waals surface area contributed by atoms with Crippen LogP contribution in [0, 0.1) is 12.8 Å². The van der Waals surface area contributed by atoms with Gasteiger partial charge in [-0.05, 0) is 43.0 Å². The highest BCUT2D eigenvalue weighted by Crippen LogP contribution is 2.45. The molecule has 1 saturated heterocycles. The standard InChI is InChI=1S/C24H25N5O3S/c1-14-25-24-29(26-14)23(31)22(33-24)21(16-5-3-6-18(10-16)32-2)27-11-15-9-17(13-27)19-7-4-8-20(30)28(19)12-15/h3-8,10,15,17,21,31H,9,11-13H2,1-2H3. The number of piperidine rings is 1. The van der Waals surface area contributed by atoms with Gasteiger partial charge >= 0.3 is 0 Å². The van der Waals surface area contributed by atoms with Crippen molar-refractivity contribution in [2.24, 2.45) is 5.92 Å². The maximum absolute atomic E-state index is 12.5. The Morgan fingerprint density at radius 1 is 1.18 bits per heavy atom. The summed E-state index contributed by atoms with van der Waals surface area (Å²) in [5, 5.41) is 15.5. The summed E-state index contributed by atoms with van der Waals surface area (Å²) in [5.41, 5.74) is 2.24. The largest absolute Gasteiger partial charge is 0.497 e. The van der Waals surface area contributed by atoms with Crippen LogP contribution in [0.5, 0.6) is 11.6 Å². The third-order valence-corrected chi connectivity index (χ3v) is 7.91. The van der Waals surface area contributed by atoms with E-state index in [9.17, 15) is 9.90 Å². The predicted octanol–water partition coefficient (Wildman–Crippen LogP) is 3.18. The van der Waals surface area contributed by atoms with Gasteiger partial charge in [0.05, 0.1) is 18.0 Å². The van der Waals surface area contributed by atoms with Crippen LogP contribution in [0.3, 0.4) is 0 Å². The number of aromatic hydroxyl groups is 1. The Kier molecular flexibility index (Phi) is 4.77. The summed E-state index contributed by atoms with van der Waals surface area (Å²) < 4.78 is 8.98. The van der Waals surface area contributed by atoms with E-state index in [1.807, 2.05) is 35.8 Å². The number of rotatable bonds is 4. The van der Waals surface area contributed by atoms with Crippen LogP contribution in [0.1, 0.15) is 40.3 Å². The molecule has 1 aromatic carbocycles. The minimum atomic E-state index is -0.166. The Bertz CT molecular complexity index is 1410. The quantitative estimate of drug-likeness (QED) is 0.500. The smallest absolute Gasteiger partial charge is 0.250 e. The van der Waals surface area contributed by atoms with E-state index >= 15 is 0 Å². The number of methoxy groups -OCH3 is 1. The SMILES string of the molecule is COc1cccc(C(c2sc3nc(C)nn3c2O)N2CC3CC(C2)c2cccc(=O)n2C3)c1. The summed E-state index contributed by atoms with van der Waals surface area (Å²) in [7, 11) is 1.66. The highest BCUT2D eigenvalue weighted by atomic mass is 32.1. The highest BCUT2D eigenvalue weighted by Gasteiger charge is 2.39. The molecule has 5 heterocycles. The highest BCUT2D eigenvalue weighted by molar-refractivity contribution is 7.17. The van der Waals surface area contributed by atoms with Crippen molar-refractivity contribution in [2.75, 3.05) is 20.2 Å². The second-order valence-corrected chi connectivity index (χ2v) is 9.98. The van der Waals surface area contributed by atoms with Crippen LogP contribution in [-0.2, 0) is 6.54 Å². The molecule has 0 amide bonds. The van der Waals surface area contributed by atoms with E-state index in [4.69, 9.17) is 4.74 Å². The fourth-order valence-electron chi connectivity index (χ4n) is 5.51. The fraction of sp³-hybridized carbons (Fsp3) is 0.375. The molecular formula is C24H25N5O3S. The molecule has 0 saturated carbocycles. The van der Waals surface area contributed by atoms with Crippen LogP contribution in [0.2, 0.25) is 0 Å². The van der Waals surface area contributed by atoms with E-state index in [2.05, 4.69) is 27.1 Å². The van der Waals surface area contributed by atoms with Gasteiger partial charge in [-0.3, -0.25) is 9.69 Å². The Balaban J connectivity index is 1.46. The van der Waals surface area contributed by atoms with Gasteiger partial charge in [0, 0.05) is 37.3 Å². The first kappa shape index (κ1) is 20.4. The number of nitrogens with zero attached hydrogens (tertiary/aromatic N) is 5. The van der Waals surface area contributed by atoms with Crippen LogP contribution < -0.4 is 10.3 Å². The number of fused-ring (bicyclic) bond motifs is 5. The Labute approximate surface area is 194 Å². The molecule has 6 rings (SSSR count). The van der Waals surface area contributed by atoms with Crippen LogP contribution in [0.4, 0.5) is 0 Å². The summed E-state index contributed by atoms with van der Waals surface area (Å²) >= 11 is 1.47. The van der Waals surface area contributed by atoms with Crippen molar-refractivity contribution in [3.63, 3.8) is 0 Å². The number of hydrogen-bond acceptors (Lipinski definition) is 7. The second kappa shape index (κ2) is 7.71. The number of aryl methyl sites for hydroxylation is 1. The molecule has 3 unspecified atom stereocenters. The minimum absolute atomic E-state index is 0.0820. The fourth-order valence-corrected chi connectivity index (χ4v) is 6.67. The molecule has 0 spiro atoms. The number of thiazole rings is 1. The molecule has 3 aromatic heterocycles. The van der Waals surface area contributed by atoms with Gasteiger partial charge in [-0.1, -0.05) is 29.5 Å². The van der Waals surface area contributed by atoms with E-state index in [0.717, 1.165) is 47.9 Å². The molecular weight excluding hydrogens is 438 g/mol. The van der Waals surface area contributed by atoms with Crippen molar-refractivity contribution in [2.45, 2.75) is 31.8 Å². The van der Waals surface area contributed by atoms with Gasteiger partial charge in [-0.15, -0.1) is 5.10 Å². The van der Waals surface area contributed by atoms with Gasteiger partial charge in [0.2, 0.25) is 10.8 Å². The van der Waals surface area contributed by atoms with Gasteiger partial charge < -0.3 is 14.4 Å². The molecule has 2 aliphatic heterocycles. The summed E-state index contributed by atoms with van der Waals surface area (Å²) in [6.45, 7) is 4.19. The molecule has 0 aliphatic carbocycles. The molecule has 2 bridgehead atoms. The van der Waals surface area contributed by atoms with Crippen molar-refractivity contribution >= 4 is 16.3 Å². The van der Waals surface area contributed by atoms with E-state index < -0.39 is 0 Å². The number of benzene rings is 1. The molecule has 0 radical (unpaired) electrons. The monoisotopic (exact) mass is 463 g/mol. The van der Waals surface area contributed by atoms with E-state index in [-0.39, 0.29) is 23.4 Å². The number of pyridine rings is 1. The van der Waals surface area contributed by atoms with Gasteiger partial charge in [0.1, 0.15) is 11.6 Å². The zero-order chi connectivity index (χ0) is 22.7. The zero-order valence-corrected chi connectivity index (χ0v) is 19.3. The molecule has 9 heteroatoms. The molecule has 3 atom stereocenters. The lowest BCUT2D eigenvalue weighted by atomic mass is 9.82. The lowest BCUT2D eigenvalue weighted by Crippen LogP contribution is -2.48. The van der Waals surface area contributed by atoms with Crippen molar-refractivity contribution in [1.82, 2.24) is 24.1 Å². The molecule has 4 aromatic rings. The van der Waals surface area contributed by atoms with Gasteiger partial charge in [-0.25, -0.2) is 4.98 Å². The Morgan fingerprint density at radius 2 is 2.03 bits per heavy atom. The second-order valence-electron chi connectivity index (χ2n) is 8.97. The first-order valence-electron chi connectivity index (χ1n) is 11.1. The van der Waals surface area contributed by atoms with Gasteiger partial charge in [0.25, 0.3) is 5.56 Å². The van der Waals surface area contributed by atoms with E-state index in [0.29, 0.717) is 16.7 Å². The maximum atomic E-state index is 12.5. The third kappa shape index (κ3) is 3.34. The van der Waals surface area contributed by atoms with Crippen LogP contribution in [0.15, 0.2) is 47.3 Å². The molecule has 1 fully saturated rings. The average Bonchev–Trinajstić information content (AvgIpc) is 3.32. The van der Waals surface area contributed by atoms with Gasteiger partial charge in [-0.2, -0.15) is 4.52 Å². The van der Waals surface area contributed by atoms with Crippen molar-refractivity contribution in [3.8, 4) is 11.6 Å².